The van der Waals surface area contributed by atoms with Crippen molar-refractivity contribution in [1.82, 2.24) is 14.5 Å². The lowest BCUT2D eigenvalue weighted by atomic mass is 10.1. The van der Waals surface area contributed by atoms with E-state index in [9.17, 15) is 13.2 Å². The number of aromatic nitrogens is 3. The van der Waals surface area contributed by atoms with E-state index in [1.54, 1.807) is 23.6 Å². The van der Waals surface area contributed by atoms with E-state index in [0.717, 1.165) is 5.56 Å². The van der Waals surface area contributed by atoms with Crippen LogP contribution in [0.3, 0.4) is 0 Å². The molecule has 0 saturated carbocycles. The molecule has 0 aliphatic carbocycles. The molecule has 2 aromatic heterocycles. The Kier molecular flexibility index (Phi) is 6.51. The second-order valence-corrected chi connectivity index (χ2v) is 9.47. The predicted molar refractivity (Wildman–Crippen MR) is 128 cm³/mol. The van der Waals surface area contributed by atoms with Crippen molar-refractivity contribution in [3.63, 3.8) is 0 Å². The highest BCUT2D eigenvalue weighted by atomic mass is 32.2. The second kappa shape index (κ2) is 9.37. The van der Waals surface area contributed by atoms with Gasteiger partial charge in [0.25, 0.3) is 0 Å². The van der Waals surface area contributed by atoms with Crippen LogP contribution in [0.1, 0.15) is 22.8 Å². The summed E-state index contributed by atoms with van der Waals surface area (Å²) in [6.45, 7) is 2.35. The monoisotopic (exact) mass is 483 g/mol. The predicted octanol–water partition coefficient (Wildman–Crippen LogP) is 2.25. The zero-order valence-corrected chi connectivity index (χ0v) is 19.6. The molecule has 34 heavy (non-hydrogen) atoms. The molecule has 4 rings (SSSR count). The van der Waals surface area contributed by atoms with Gasteiger partial charge in [-0.2, -0.15) is 0 Å². The number of methoxy groups -OCH3 is 1. The van der Waals surface area contributed by atoms with Gasteiger partial charge in [-0.3, -0.25) is 0 Å². The Labute approximate surface area is 196 Å². The van der Waals surface area contributed by atoms with Crippen LogP contribution in [-0.4, -0.2) is 48.7 Å². The number of sulfonamides is 1. The van der Waals surface area contributed by atoms with E-state index < -0.39 is 22.1 Å². The number of nitrogens with zero attached hydrogens (tertiary/aromatic N) is 3. The number of carbonyl (C=O) groups is 1. The molecule has 4 N–H and O–H groups in total. The minimum atomic E-state index is -3.77. The standard InChI is InChI=1S/C23H25N5O5S/c1-14(13-32-2)33-23(29)19-20-22(27-18-6-4-3-5-17(18)26-20)28(21(19)24)12-11-15-7-9-16(10-8-15)34(25,30)31/h3-10,14H,11-13,24H2,1-2H3,(H2,25,30,31)/t14-/m1/s1. The number of primary sulfonamides is 1. The summed E-state index contributed by atoms with van der Waals surface area (Å²) in [5.74, 6) is -0.408. The van der Waals surface area contributed by atoms with Crippen LogP contribution in [0.4, 0.5) is 5.82 Å². The average molecular weight is 484 g/mol. The van der Waals surface area contributed by atoms with Crippen LogP contribution in [-0.2, 0) is 32.5 Å². The van der Waals surface area contributed by atoms with Crippen LogP contribution >= 0.6 is 0 Å². The Hall–Kier alpha value is -3.54. The topological polar surface area (TPSA) is 152 Å². The molecule has 0 fully saturated rings. The third kappa shape index (κ3) is 4.72. The number of hydrogen-bond acceptors (Lipinski definition) is 8. The molecule has 2 aromatic carbocycles. The minimum absolute atomic E-state index is 0.0368. The molecule has 178 valence electrons. The summed E-state index contributed by atoms with van der Waals surface area (Å²) >= 11 is 0. The Bertz CT molecular complexity index is 1460. The van der Waals surface area contributed by atoms with Crippen LogP contribution in [0, 0.1) is 0 Å². The van der Waals surface area contributed by atoms with Crippen molar-refractivity contribution in [2.75, 3.05) is 19.5 Å². The largest absolute Gasteiger partial charge is 0.456 e. The molecule has 11 heteroatoms. The van der Waals surface area contributed by atoms with E-state index in [-0.39, 0.29) is 22.9 Å². The fraction of sp³-hybridized carbons (Fsp3) is 0.261. The highest BCUT2D eigenvalue weighted by Gasteiger charge is 2.26. The van der Waals surface area contributed by atoms with Crippen molar-refractivity contribution in [2.45, 2.75) is 30.9 Å². The van der Waals surface area contributed by atoms with Crippen molar-refractivity contribution >= 4 is 44.0 Å². The Morgan fingerprint density at radius 3 is 2.35 bits per heavy atom. The summed E-state index contributed by atoms with van der Waals surface area (Å²) in [4.78, 5) is 22.4. The molecular formula is C23H25N5O5S. The number of nitrogens with two attached hydrogens (primary N) is 2. The highest BCUT2D eigenvalue weighted by Crippen LogP contribution is 2.29. The molecule has 0 amide bonds. The lowest BCUT2D eigenvalue weighted by Gasteiger charge is -2.12. The first-order valence-corrected chi connectivity index (χ1v) is 12.1. The van der Waals surface area contributed by atoms with Crippen molar-refractivity contribution in [3.05, 3.63) is 59.7 Å². The normalized spacial score (nSPS) is 12.8. The Morgan fingerprint density at radius 2 is 1.74 bits per heavy atom. The lowest BCUT2D eigenvalue weighted by Crippen LogP contribution is -2.20. The van der Waals surface area contributed by atoms with E-state index in [4.69, 9.17) is 25.3 Å². The fourth-order valence-corrected chi connectivity index (χ4v) is 4.26. The molecule has 0 aliphatic rings. The van der Waals surface area contributed by atoms with Gasteiger partial charge in [-0.1, -0.05) is 24.3 Å². The number of fused-ring (bicyclic) bond motifs is 2. The molecule has 4 aromatic rings. The maximum atomic E-state index is 13.0. The smallest absolute Gasteiger partial charge is 0.344 e. The van der Waals surface area contributed by atoms with Gasteiger partial charge >= 0.3 is 5.97 Å². The number of rotatable bonds is 8. The van der Waals surface area contributed by atoms with Gasteiger partial charge in [0.05, 0.1) is 22.5 Å². The summed E-state index contributed by atoms with van der Waals surface area (Å²) in [6, 6.07) is 13.6. The first-order valence-electron chi connectivity index (χ1n) is 10.5. The molecule has 0 saturated heterocycles. The number of benzene rings is 2. The average Bonchev–Trinajstić information content (AvgIpc) is 3.06. The molecule has 10 nitrogen and oxygen atoms in total. The summed E-state index contributed by atoms with van der Waals surface area (Å²) < 4.78 is 35.3. The summed E-state index contributed by atoms with van der Waals surface area (Å²) in [7, 11) is -2.24. The van der Waals surface area contributed by atoms with Gasteiger partial charge in [-0.05, 0) is 43.2 Å². The third-order valence-corrected chi connectivity index (χ3v) is 6.31. The van der Waals surface area contributed by atoms with Crippen molar-refractivity contribution in [2.24, 2.45) is 5.14 Å². The number of para-hydroxylation sites is 2. The molecule has 0 unspecified atom stereocenters. The van der Waals surface area contributed by atoms with Crippen LogP contribution in [0.15, 0.2) is 53.4 Å². The SMILES string of the molecule is COC[C@@H](C)OC(=O)c1c(N)n(CCc2ccc(S(N)(=O)=O)cc2)c2nc3ccccc3nc12. The number of nitrogen functional groups attached to an aromatic ring is 1. The summed E-state index contributed by atoms with van der Waals surface area (Å²) in [6.07, 6.45) is 0.0307. The zero-order valence-electron chi connectivity index (χ0n) is 18.8. The van der Waals surface area contributed by atoms with E-state index >= 15 is 0 Å². The quantitative estimate of drug-likeness (QED) is 0.362. The first kappa shape index (κ1) is 23.6. The number of ether oxygens (including phenoxy) is 2. The van der Waals surface area contributed by atoms with Crippen LogP contribution in [0.5, 0.6) is 0 Å². The van der Waals surface area contributed by atoms with Crippen LogP contribution < -0.4 is 10.9 Å². The lowest BCUT2D eigenvalue weighted by molar-refractivity contribution is 0.0123. The molecule has 0 aliphatic heterocycles. The molecule has 0 bridgehead atoms. The van der Waals surface area contributed by atoms with E-state index in [2.05, 4.69) is 4.98 Å². The van der Waals surface area contributed by atoms with Gasteiger partial charge in [0.15, 0.2) is 5.65 Å². The third-order valence-electron chi connectivity index (χ3n) is 5.38. The Balaban J connectivity index is 1.74. The maximum Gasteiger partial charge on any atom is 0.344 e. The van der Waals surface area contributed by atoms with Crippen molar-refractivity contribution in [1.29, 1.82) is 0 Å². The highest BCUT2D eigenvalue weighted by molar-refractivity contribution is 7.89. The van der Waals surface area contributed by atoms with E-state index in [1.807, 2.05) is 24.3 Å². The molecule has 0 radical (unpaired) electrons. The fourth-order valence-electron chi connectivity index (χ4n) is 3.74. The van der Waals surface area contributed by atoms with Gasteiger partial charge in [0, 0.05) is 13.7 Å². The summed E-state index contributed by atoms with van der Waals surface area (Å²) in [5.41, 5.74) is 9.56. The number of hydrogen-bond donors (Lipinski definition) is 2. The molecular weight excluding hydrogens is 458 g/mol. The van der Waals surface area contributed by atoms with E-state index in [0.29, 0.717) is 35.2 Å². The van der Waals surface area contributed by atoms with Crippen molar-refractivity contribution < 1.29 is 22.7 Å². The Morgan fingerprint density at radius 1 is 1.09 bits per heavy atom. The summed E-state index contributed by atoms with van der Waals surface area (Å²) in [5, 5.41) is 5.17. The van der Waals surface area contributed by atoms with Gasteiger partial charge in [-0.25, -0.2) is 28.3 Å². The van der Waals surface area contributed by atoms with Gasteiger partial charge < -0.3 is 19.8 Å². The van der Waals surface area contributed by atoms with Gasteiger partial charge in [0.1, 0.15) is 23.0 Å². The van der Waals surface area contributed by atoms with Crippen molar-refractivity contribution in [3.8, 4) is 0 Å². The van der Waals surface area contributed by atoms with E-state index in [1.165, 1.54) is 19.2 Å². The number of anilines is 1. The maximum absolute atomic E-state index is 13.0. The zero-order chi connectivity index (χ0) is 24.5. The molecule has 2 heterocycles. The number of carbonyl (C=O) groups excluding carboxylic acids is 1. The first-order chi connectivity index (χ1) is 16.2. The minimum Gasteiger partial charge on any atom is -0.456 e. The van der Waals surface area contributed by atoms with Crippen LogP contribution in [0.25, 0.3) is 22.2 Å². The van der Waals surface area contributed by atoms with Crippen LogP contribution in [0.2, 0.25) is 0 Å². The molecule has 0 spiro atoms. The van der Waals surface area contributed by atoms with Gasteiger partial charge in [-0.15, -0.1) is 0 Å². The second-order valence-electron chi connectivity index (χ2n) is 7.91. The number of esters is 1. The number of aryl methyl sites for hydroxylation is 2. The molecule has 1 atom stereocenters. The van der Waals surface area contributed by atoms with Gasteiger partial charge in [0.2, 0.25) is 10.0 Å².